The molecule has 1 saturated heterocycles. The first-order valence-electron chi connectivity index (χ1n) is 6.50. The van der Waals surface area contributed by atoms with Crippen molar-refractivity contribution in [1.29, 1.82) is 0 Å². The lowest BCUT2D eigenvalue weighted by atomic mass is 9.98. The fourth-order valence-electron chi connectivity index (χ4n) is 2.49. The molecular weight excluding hydrogens is 255 g/mol. The number of halogens is 3. The number of aromatic nitrogens is 1. The Morgan fingerprint density at radius 2 is 1.95 bits per heavy atom. The molecule has 19 heavy (non-hydrogen) atoms. The minimum Gasteiger partial charge on any atom is -0.356 e. The van der Waals surface area contributed by atoms with Gasteiger partial charge in [0.05, 0.1) is 5.92 Å². The molecule has 0 spiro atoms. The standard InChI is InChI=1S/C13H18F3N3/c14-13(15,16)11(9-17)10-5-4-6-18-12(10)19-7-2-1-3-8-19/h4-6,11H,1-3,7-9,17H2. The third kappa shape index (κ3) is 3.18. The van der Waals surface area contributed by atoms with Crippen LogP contribution in [0.1, 0.15) is 30.7 Å². The van der Waals surface area contributed by atoms with Crippen molar-refractivity contribution in [3.8, 4) is 0 Å². The highest BCUT2D eigenvalue weighted by Crippen LogP contribution is 2.38. The molecule has 1 aliphatic heterocycles. The van der Waals surface area contributed by atoms with Gasteiger partial charge in [-0.05, 0) is 25.3 Å². The zero-order chi connectivity index (χ0) is 13.9. The monoisotopic (exact) mass is 273 g/mol. The zero-order valence-corrected chi connectivity index (χ0v) is 10.7. The first-order valence-corrected chi connectivity index (χ1v) is 6.50. The summed E-state index contributed by atoms with van der Waals surface area (Å²) in [5, 5.41) is 0. The van der Waals surface area contributed by atoms with E-state index >= 15 is 0 Å². The lowest BCUT2D eigenvalue weighted by Gasteiger charge is -2.31. The summed E-state index contributed by atoms with van der Waals surface area (Å²) < 4.78 is 39.1. The van der Waals surface area contributed by atoms with Crippen molar-refractivity contribution in [2.24, 2.45) is 5.73 Å². The number of alkyl halides is 3. The molecule has 1 aliphatic rings. The first kappa shape index (κ1) is 14.1. The summed E-state index contributed by atoms with van der Waals surface area (Å²) in [6.45, 7) is 1.08. The largest absolute Gasteiger partial charge is 0.397 e. The SMILES string of the molecule is NCC(c1cccnc1N1CCCCC1)C(F)(F)F. The van der Waals surface area contributed by atoms with Crippen molar-refractivity contribution in [3.63, 3.8) is 0 Å². The van der Waals surface area contributed by atoms with Crippen molar-refractivity contribution in [1.82, 2.24) is 4.98 Å². The summed E-state index contributed by atoms with van der Waals surface area (Å²) >= 11 is 0. The third-order valence-electron chi connectivity index (χ3n) is 3.48. The summed E-state index contributed by atoms with van der Waals surface area (Å²) in [5.74, 6) is -1.20. The van der Waals surface area contributed by atoms with Gasteiger partial charge in [-0.2, -0.15) is 13.2 Å². The maximum Gasteiger partial charge on any atom is 0.397 e. The molecule has 1 atom stereocenters. The fourth-order valence-corrected chi connectivity index (χ4v) is 2.49. The first-order chi connectivity index (χ1) is 9.04. The Kier molecular flexibility index (Phi) is 4.29. The van der Waals surface area contributed by atoms with E-state index in [9.17, 15) is 13.2 Å². The van der Waals surface area contributed by atoms with Crippen LogP contribution in [0, 0.1) is 0 Å². The molecule has 0 saturated carbocycles. The number of piperidine rings is 1. The van der Waals surface area contributed by atoms with Gasteiger partial charge in [0.1, 0.15) is 5.82 Å². The van der Waals surface area contributed by atoms with E-state index in [0.29, 0.717) is 5.82 Å². The Bertz CT molecular complexity index is 414. The van der Waals surface area contributed by atoms with Gasteiger partial charge < -0.3 is 10.6 Å². The van der Waals surface area contributed by atoms with Gasteiger partial charge in [-0.1, -0.05) is 6.07 Å². The Morgan fingerprint density at radius 3 is 2.53 bits per heavy atom. The summed E-state index contributed by atoms with van der Waals surface area (Å²) in [6, 6.07) is 3.03. The van der Waals surface area contributed by atoms with Crippen LogP contribution in [0.2, 0.25) is 0 Å². The maximum absolute atomic E-state index is 13.0. The van der Waals surface area contributed by atoms with Crippen molar-refractivity contribution in [2.45, 2.75) is 31.4 Å². The molecule has 6 heteroatoms. The lowest BCUT2D eigenvalue weighted by Crippen LogP contribution is -2.34. The van der Waals surface area contributed by atoms with E-state index < -0.39 is 18.6 Å². The van der Waals surface area contributed by atoms with Crippen molar-refractivity contribution in [3.05, 3.63) is 23.9 Å². The summed E-state index contributed by atoms with van der Waals surface area (Å²) in [5.41, 5.74) is 5.52. The molecule has 0 amide bonds. The quantitative estimate of drug-likeness (QED) is 0.920. The molecule has 0 aromatic carbocycles. The van der Waals surface area contributed by atoms with Crippen molar-refractivity contribution >= 4 is 5.82 Å². The summed E-state index contributed by atoms with van der Waals surface area (Å²) in [7, 11) is 0. The highest BCUT2D eigenvalue weighted by atomic mass is 19.4. The Hall–Kier alpha value is -1.30. The van der Waals surface area contributed by atoms with Crippen LogP contribution in [-0.4, -0.2) is 30.8 Å². The van der Waals surface area contributed by atoms with Crippen LogP contribution in [0.3, 0.4) is 0 Å². The number of rotatable bonds is 3. The van der Waals surface area contributed by atoms with Crippen molar-refractivity contribution < 1.29 is 13.2 Å². The molecule has 1 aromatic heterocycles. The van der Waals surface area contributed by atoms with Crippen LogP contribution < -0.4 is 10.6 Å². The molecule has 2 N–H and O–H groups in total. The van der Waals surface area contributed by atoms with Gasteiger partial charge in [0.25, 0.3) is 0 Å². The van der Waals surface area contributed by atoms with Crippen LogP contribution in [0.25, 0.3) is 0 Å². The number of hydrogen-bond donors (Lipinski definition) is 1. The lowest BCUT2D eigenvalue weighted by molar-refractivity contribution is -0.148. The second-order valence-corrected chi connectivity index (χ2v) is 4.79. The number of nitrogens with zero attached hydrogens (tertiary/aromatic N) is 2. The average Bonchev–Trinajstić information content (AvgIpc) is 2.39. The molecule has 1 fully saturated rings. The van der Waals surface area contributed by atoms with Crippen LogP contribution >= 0.6 is 0 Å². The van der Waals surface area contributed by atoms with E-state index in [-0.39, 0.29) is 5.56 Å². The maximum atomic E-state index is 13.0. The Labute approximate surface area is 110 Å². The van der Waals surface area contributed by atoms with Gasteiger partial charge in [-0.25, -0.2) is 4.98 Å². The Balaban J connectivity index is 2.34. The van der Waals surface area contributed by atoms with Crippen LogP contribution in [0.5, 0.6) is 0 Å². The predicted molar refractivity (Wildman–Crippen MR) is 68.2 cm³/mol. The number of hydrogen-bond acceptors (Lipinski definition) is 3. The van der Waals surface area contributed by atoms with Crippen molar-refractivity contribution in [2.75, 3.05) is 24.5 Å². The molecule has 3 nitrogen and oxygen atoms in total. The molecular formula is C13H18F3N3. The van der Waals surface area contributed by atoms with E-state index in [4.69, 9.17) is 5.73 Å². The molecule has 0 bridgehead atoms. The highest BCUT2D eigenvalue weighted by molar-refractivity contribution is 5.49. The smallest absolute Gasteiger partial charge is 0.356 e. The molecule has 2 rings (SSSR count). The summed E-state index contributed by atoms with van der Waals surface area (Å²) in [6.07, 6.45) is 0.322. The normalized spacial score (nSPS) is 18.4. The second kappa shape index (κ2) is 5.77. The van der Waals surface area contributed by atoms with Crippen LogP contribution in [-0.2, 0) is 0 Å². The molecule has 2 heterocycles. The van der Waals surface area contributed by atoms with E-state index in [1.807, 2.05) is 4.90 Å². The van der Waals surface area contributed by atoms with E-state index in [0.717, 1.165) is 32.4 Å². The van der Waals surface area contributed by atoms with E-state index in [2.05, 4.69) is 4.98 Å². The Morgan fingerprint density at radius 1 is 1.26 bits per heavy atom. The summed E-state index contributed by atoms with van der Waals surface area (Å²) in [4.78, 5) is 6.09. The van der Waals surface area contributed by atoms with Gasteiger partial charge in [-0.3, -0.25) is 0 Å². The van der Waals surface area contributed by atoms with Gasteiger partial charge in [0.2, 0.25) is 0 Å². The minimum atomic E-state index is -4.33. The number of anilines is 1. The zero-order valence-electron chi connectivity index (χ0n) is 10.7. The molecule has 0 radical (unpaired) electrons. The fraction of sp³-hybridized carbons (Fsp3) is 0.615. The predicted octanol–water partition coefficient (Wildman–Crippen LogP) is 2.68. The average molecular weight is 273 g/mol. The van der Waals surface area contributed by atoms with Gasteiger partial charge >= 0.3 is 6.18 Å². The van der Waals surface area contributed by atoms with Crippen LogP contribution in [0.4, 0.5) is 19.0 Å². The third-order valence-corrected chi connectivity index (χ3v) is 3.48. The van der Waals surface area contributed by atoms with Gasteiger partial charge in [-0.15, -0.1) is 0 Å². The minimum absolute atomic E-state index is 0.194. The number of pyridine rings is 1. The molecule has 1 unspecified atom stereocenters. The van der Waals surface area contributed by atoms with Gasteiger partial charge in [0.15, 0.2) is 0 Å². The second-order valence-electron chi connectivity index (χ2n) is 4.79. The molecule has 1 aromatic rings. The molecule has 0 aliphatic carbocycles. The topological polar surface area (TPSA) is 42.1 Å². The van der Waals surface area contributed by atoms with Gasteiger partial charge in [0, 0.05) is 31.4 Å². The van der Waals surface area contributed by atoms with Crippen LogP contribution in [0.15, 0.2) is 18.3 Å². The van der Waals surface area contributed by atoms with E-state index in [1.165, 1.54) is 18.3 Å². The highest BCUT2D eigenvalue weighted by Gasteiger charge is 2.41. The molecule has 106 valence electrons. The van der Waals surface area contributed by atoms with E-state index in [1.54, 1.807) is 0 Å². The number of nitrogens with two attached hydrogens (primary N) is 1.